The van der Waals surface area contributed by atoms with Gasteiger partial charge in [0.15, 0.2) is 0 Å². The third-order valence-corrected chi connectivity index (χ3v) is 6.60. The fraction of sp³-hybridized carbons (Fsp3) is 0.692. The number of benzene rings is 1. The van der Waals surface area contributed by atoms with Gasteiger partial charge in [-0.15, -0.1) is 0 Å². The molecule has 1 aliphatic carbocycles. The van der Waals surface area contributed by atoms with Gasteiger partial charge >= 0.3 is 0 Å². The van der Waals surface area contributed by atoms with Gasteiger partial charge in [0.2, 0.25) is 11.8 Å². The minimum absolute atomic E-state index is 0.192. The van der Waals surface area contributed by atoms with Crippen molar-refractivity contribution >= 4 is 17.5 Å². The Hall–Kier alpha value is -1.84. The Morgan fingerprint density at radius 3 is 2.27 bits per heavy atom. The highest BCUT2D eigenvalue weighted by molar-refractivity contribution is 5.94. The standard InChI is InChI=1S/C26H40N2O2/c1-21(2)19-25(29)28-18-12-5-3-4-11-17-27(20-23-15-9-10-16-24(23)28)26(30)22-13-7-6-8-14-22/h9-10,15-16,21-22H,3-8,11-14,17-20H2,1-2H3. The normalized spacial score (nSPS) is 19.7. The van der Waals surface area contributed by atoms with E-state index in [4.69, 9.17) is 0 Å². The van der Waals surface area contributed by atoms with Crippen LogP contribution in [0, 0.1) is 11.8 Å². The lowest BCUT2D eigenvalue weighted by Crippen LogP contribution is -2.39. The van der Waals surface area contributed by atoms with Crippen molar-refractivity contribution in [1.29, 1.82) is 0 Å². The largest absolute Gasteiger partial charge is 0.338 e. The van der Waals surface area contributed by atoms with E-state index in [1.54, 1.807) is 0 Å². The van der Waals surface area contributed by atoms with Crippen LogP contribution in [0.4, 0.5) is 5.69 Å². The molecule has 0 spiro atoms. The fourth-order valence-corrected chi connectivity index (χ4v) is 4.93. The Labute approximate surface area is 183 Å². The van der Waals surface area contributed by atoms with Gasteiger partial charge in [-0.2, -0.15) is 0 Å². The number of rotatable bonds is 3. The highest BCUT2D eigenvalue weighted by Gasteiger charge is 2.27. The molecule has 4 heteroatoms. The third-order valence-electron chi connectivity index (χ3n) is 6.60. The third kappa shape index (κ3) is 6.33. The average Bonchev–Trinajstić information content (AvgIpc) is 2.74. The van der Waals surface area contributed by atoms with Crippen LogP contribution in [0.2, 0.25) is 0 Å². The summed E-state index contributed by atoms with van der Waals surface area (Å²) in [7, 11) is 0. The first-order valence-electron chi connectivity index (χ1n) is 12.2. The second-order valence-electron chi connectivity index (χ2n) is 9.63. The predicted octanol–water partition coefficient (Wildman–Crippen LogP) is 5.94. The lowest BCUT2D eigenvalue weighted by molar-refractivity contribution is -0.137. The van der Waals surface area contributed by atoms with Crippen LogP contribution in [0.25, 0.3) is 0 Å². The highest BCUT2D eigenvalue weighted by atomic mass is 16.2. The van der Waals surface area contributed by atoms with Gasteiger partial charge in [0.1, 0.15) is 0 Å². The van der Waals surface area contributed by atoms with Crippen molar-refractivity contribution in [2.24, 2.45) is 11.8 Å². The number of carbonyl (C=O) groups excluding carboxylic acids is 2. The van der Waals surface area contributed by atoms with Gasteiger partial charge in [-0.25, -0.2) is 0 Å². The Morgan fingerprint density at radius 1 is 0.900 bits per heavy atom. The Bertz CT molecular complexity index is 694. The lowest BCUT2D eigenvalue weighted by Gasteiger charge is -2.32. The summed E-state index contributed by atoms with van der Waals surface area (Å²) in [6.07, 6.45) is 11.9. The Kier molecular flexibility index (Phi) is 8.77. The van der Waals surface area contributed by atoms with Crippen LogP contribution in [-0.4, -0.2) is 29.8 Å². The number of anilines is 1. The molecule has 1 saturated carbocycles. The zero-order valence-electron chi connectivity index (χ0n) is 19.1. The molecular weight excluding hydrogens is 372 g/mol. The van der Waals surface area contributed by atoms with Gasteiger partial charge in [-0.05, 0) is 43.2 Å². The first kappa shape index (κ1) is 22.8. The minimum Gasteiger partial charge on any atom is -0.338 e. The molecule has 0 atom stereocenters. The molecule has 0 bridgehead atoms. The zero-order chi connectivity index (χ0) is 21.3. The maximum atomic E-state index is 13.4. The van der Waals surface area contributed by atoms with E-state index in [0.717, 1.165) is 62.9 Å². The summed E-state index contributed by atoms with van der Waals surface area (Å²) < 4.78 is 0. The molecule has 0 N–H and O–H groups in total. The lowest BCUT2D eigenvalue weighted by atomic mass is 9.88. The fourth-order valence-electron chi connectivity index (χ4n) is 4.93. The van der Waals surface area contributed by atoms with Crippen LogP contribution >= 0.6 is 0 Å². The van der Waals surface area contributed by atoms with Crippen molar-refractivity contribution < 1.29 is 9.59 Å². The van der Waals surface area contributed by atoms with Crippen LogP contribution in [0.3, 0.4) is 0 Å². The monoisotopic (exact) mass is 412 g/mol. The molecule has 3 rings (SSSR count). The molecule has 1 aliphatic heterocycles. The number of amides is 2. The molecule has 2 amide bonds. The summed E-state index contributed by atoms with van der Waals surface area (Å²) in [5.74, 6) is 1.08. The van der Waals surface area contributed by atoms with Crippen LogP contribution in [-0.2, 0) is 16.1 Å². The molecule has 1 heterocycles. The van der Waals surface area contributed by atoms with Gasteiger partial charge in [0.05, 0.1) is 0 Å². The van der Waals surface area contributed by atoms with E-state index in [0.29, 0.717) is 24.8 Å². The van der Waals surface area contributed by atoms with Crippen LogP contribution in [0.15, 0.2) is 24.3 Å². The van der Waals surface area contributed by atoms with E-state index in [9.17, 15) is 9.59 Å². The highest BCUT2D eigenvalue weighted by Crippen LogP contribution is 2.29. The first-order chi connectivity index (χ1) is 14.6. The molecule has 0 aromatic heterocycles. The first-order valence-corrected chi connectivity index (χ1v) is 12.2. The van der Waals surface area contributed by atoms with Crippen molar-refractivity contribution in [3.63, 3.8) is 0 Å². The van der Waals surface area contributed by atoms with E-state index >= 15 is 0 Å². The topological polar surface area (TPSA) is 40.6 Å². The van der Waals surface area contributed by atoms with E-state index in [1.807, 2.05) is 17.0 Å². The minimum atomic E-state index is 0.192. The average molecular weight is 413 g/mol. The summed E-state index contributed by atoms with van der Waals surface area (Å²) in [4.78, 5) is 30.6. The van der Waals surface area contributed by atoms with E-state index < -0.39 is 0 Å². The van der Waals surface area contributed by atoms with Crippen molar-refractivity contribution in [2.45, 2.75) is 91.0 Å². The van der Waals surface area contributed by atoms with Gasteiger partial charge in [0, 0.05) is 37.7 Å². The van der Waals surface area contributed by atoms with Crippen molar-refractivity contribution in [1.82, 2.24) is 4.90 Å². The molecule has 0 unspecified atom stereocenters. The number of fused-ring (bicyclic) bond motifs is 1. The SMILES string of the molecule is CC(C)CC(=O)N1CCCCCCCN(C(=O)C2CCCCC2)Cc2ccccc21. The molecule has 1 fully saturated rings. The summed E-state index contributed by atoms with van der Waals surface area (Å²) in [5.41, 5.74) is 2.12. The molecular formula is C26H40N2O2. The second kappa shape index (κ2) is 11.5. The van der Waals surface area contributed by atoms with Gasteiger partial charge in [0.25, 0.3) is 0 Å². The van der Waals surface area contributed by atoms with E-state index in [2.05, 4.69) is 30.9 Å². The van der Waals surface area contributed by atoms with Crippen LogP contribution in [0.1, 0.15) is 90.0 Å². The summed E-state index contributed by atoms with van der Waals surface area (Å²) >= 11 is 0. The molecule has 30 heavy (non-hydrogen) atoms. The second-order valence-corrected chi connectivity index (χ2v) is 9.63. The molecule has 4 nitrogen and oxygen atoms in total. The molecule has 1 aromatic carbocycles. The number of nitrogens with zero attached hydrogens (tertiary/aromatic N) is 2. The van der Waals surface area contributed by atoms with Crippen molar-refractivity contribution in [2.75, 3.05) is 18.0 Å². The summed E-state index contributed by atoms with van der Waals surface area (Å²) in [6, 6.07) is 8.24. The molecule has 2 aliphatic rings. The maximum absolute atomic E-state index is 13.4. The van der Waals surface area contributed by atoms with Gasteiger partial charge in [-0.1, -0.05) is 70.6 Å². The molecule has 0 saturated heterocycles. The number of carbonyl (C=O) groups is 2. The van der Waals surface area contributed by atoms with E-state index in [-0.39, 0.29) is 11.8 Å². The smallest absolute Gasteiger partial charge is 0.227 e. The Balaban J connectivity index is 1.87. The van der Waals surface area contributed by atoms with Crippen molar-refractivity contribution in [3.8, 4) is 0 Å². The zero-order valence-corrected chi connectivity index (χ0v) is 19.1. The molecule has 1 aromatic rings. The Morgan fingerprint density at radius 2 is 1.53 bits per heavy atom. The van der Waals surface area contributed by atoms with Crippen LogP contribution < -0.4 is 4.90 Å². The van der Waals surface area contributed by atoms with Gasteiger partial charge in [-0.3, -0.25) is 9.59 Å². The number of hydrogen-bond donors (Lipinski definition) is 0. The van der Waals surface area contributed by atoms with E-state index in [1.165, 1.54) is 25.7 Å². The molecule has 166 valence electrons. The number of hydrogen-bond acceptors (Lipinski definition) is 2. The summed E-state index contributed by atoms with van der Waals surface area (Å²) in [5, 5.41) is 0. The summed E-state index contributed by atoms with van der Waals surface area (Å²) in [6.45, 7) is 6.44. The number of para-hydroxylation sites is 1. The van der Waals surface area contributed by atoms with Gasteiger partial charge < -0.3 is 9.80 Å². The quantitative estimate of drug-likeness (QED) is 0.616. The molecule has 0 radical (unpaired) electrons. The van der Waals surface area contributed by atoms with Crippen LogP contribution in [0.5, 0.6) is 0 Å². The van der Waals surface area contributed by atoms with Crippen molar-refractivity contribution in [3.05, 3.63) is 29.8 Å². The maximum Gasteiger partial charge on any atom is 0.227 e. The predicted molar refractivity (Wildman–Crippen MR) is 123 cm³/mol.